The van der Waals surface area contributed by atoms with E-state index < -0.39 is 0 Å². The smallest absolute Gasteiger partial charge is 0.259 e. The lowest BCUT2D eigenvalue weighted by Crippen LogP contribution is -2.49. The van der Waals surface area contributed by atoms with Crippen molar-refractivity contribution in [3.8, 4) is 11.3 Å². The highest BCUT2D eigenvalue weighted by molar-refractivity contribution is 6.30. The van der Waals surface area contributed by atoms with Gasteiger partial charge in [0.05, 0.1) is 11.9 Å². The van der Waals surface area contributed by atoms with Crippen molar-refractivity contribution in [2.45, 2.75) is 6.92 Å². The summed E-state index contributed by atoms with van der Waals surface area (Å²) in [6.45, 7) is 4.88. The van der Waals surface area contributed by atoms with Crippen molar-refractivity contribution < 1.29 is 4.79 Å². The minimum Gasteiger partial charge on any atom is -0.368 e. The molecule has 1 aliphatic rings. The summed E-state index contributed by atoms with van der Waals surface area (Å²) in [6.07, 6.45) is 3.36. The molecule has 0 spiro atoms. The first kappa shape index (κ1) is 19.6. The maximum Gasteiger partial charge on any atom is 0.259 e. The predicted octanol–water partition coefficient (Wildman–Crippen LogP) is 4.32. The molecule has 0 radical (unpaired) electrons. The number of benzene rings is 2. The first-order valence-electron chi connectivity index (χ1n) is 10.3. The highest BCUT2D eigenvalue weighted by Crippen LogP contribution is 2.26. The van der Waals surface area contributed by atoms with Gasteiger partial charge >= 0.3 is 0 Å². The van der Waals surface area contributed by atoms with Gasteiger partial charge in [0, 0.05) is 48.6 Å². The summed E-state index contributed by atoms with van der Waals surface area (Å²) in [4.78, 5) is 21.9. The lowest BCUT2D eigenvalue weighted by atomic mass is 10.1. The zero-order chi connectivity index (χ0) is 21.4. The topological polar surface area (TPSA) is 53.7 Å². The summed E-state index contributed by atoms with van der Waals surface area (Å²) in [5, 5.41) is 5.20. The van der Waals surface area contributed by atoms with E-state index in [2.05, 4.69) is 21.9 Å². The Morgan fingerprint density at radius 1 is 1.00 bits per heavy atom. The maximum absolute atomic E-state index is 13.3. The minimum absolute atomic E-state index is 0.0322. The predicted molar refractivity (Wildman–Crippen MR) is 123 cm³/mol. The molecule has 3 heterocycles. The van der Waals surface area contributed by atoms with Crippen LogP contribution in [0.5, 0.6) is 0 Å². The second-order valence-electron chi connectivity index (χ2n) is 7.70. The van der Waals surface area contributed by atoms with Gasteiger partial charge < -0.3 is 9.80 Å². The number of rotatable bonds is 3. The van der Waals surface area contributed by atoms with Crippen LogP contribution in [0.3, 0.4) is 0 Å². The maximum atomic E-state index is 13.3. The van der Waals surface area contributed by atoms with Gasteiger partial charge in [-0.2, -0.15) is 5.10 Å². The summed E-state index contributed by atoms with van der Waals surface area (Å²) < 4.78 is 1.74. The van der Waals surface area contributed by atoms with Gasteiger partial charge in [-0.3, -0.25) is 4.79 Å². The lowest BCUT2D eigenvalue weighted by Gasteiger charge is -2.36. The standard InChI is InChI=1S/C24H22ClN5O/c1-17-7-8-19(25)15-22(17)28-11-13-29(14-12-28)24(31)20-16-27-30-21(9-10-26-23(20)30)18-5-3-2-4-6-18/h2-10,15-16H,11-14H2,1H3. The minimum atomic E-state index is -0.0322. The molecular formula is C24H22ClN5O. The summed E-state index contributed by atoms with van der Waals surface area (Å²) in [5.41, 5.74) is 5.37. The van der Waals surface area contributed by atoms with Gasteiger partial charge in [0.25, 0.3) is 5.91 Å². The fraction of sp³-hybridized carbons (Fsp3) is 0.208. The van der Waals surface area contributed by atoms with E-state index >= 15 is 0 Å². The van der Waals surface area contributed by atoms with Gasteiger partial charge in [0.2, 0.25) is 0 Å². The zero-order valence-electron chi connectivity index (χ0n) is 17.2. The van der Waals surface area contributed by atoms with Crippen LogP contribution in [-0.4, -0.2) is 51.6 Å². The highest BCUT2D eigenvalue weighted by atomic mass is 35.5. The van der Waals surface area contributed by atoms with E-state index in [1.54, 1.807) is 16.9 Å². The van der Waals surface area contributed by atoms with Crippen LogP contribution in [0.4, 0.5) is 5.69 Å². The van der Waals surface area contributed by atoms with Gasteiger partial charge in [-0.25, -0.2) is 9.50 Å². The number of halogens is 1. The Morgan fingerprint density at radius 2 is 1.77 bits per heavy atom. The van der Waals surface area contributed by atoms with Crippen LogP contribution in [0.2, 0.25) is 5.02 Å². The number of carbonyl (C=O) groups is 1. The molecule has 1 aliphatic heterocycles. The van der Waals surface area contributed by atoms with Gasteiger partial charge in [0.15, 0.2) is 5.65 Å². The molecule has 2 aromatic carbocycles. The van der Waals surface area contributed by atoms with Crippen LogP contribution < -0.4 is 4.90 Å². The third kappa shape index (κ3) is 3.64. The number of piperazine rings is 1. The van der Waals surface area contributed by atoms with Crippen molar-refractivity contribution in [3.63, 3.8) is 0 Å². The van der Waals surface area contributed by atoms with E-state index in [4.69, 9.17) is 11.6 Å². The fourth-order valence-corrected chi connectivity index (χ4v) is 4.28. The lowest BCUT2D eigenvalue weighted by molar-refractivity contribution is 0.0748. The number of hydrogen-bond donors (Lipinski definition) is 0. The molecule has 5 rings (SSSR count). The highest BCUT2D eigenvalue weighted by Gasteiger charge is 2.26. The molecule has 6 nitrogen and oxygen atoms in total. The molecule has 0 N–H and O–H groups in total. The van der Waals surface area contributed by atoms with Gasteiger partial charge in [-0.15, -0.1) is 0 Å². The third-order valence-electron chi connectivity index (χ3n) is 5.78. The van der Waals surface area contributed by atoms with Crippen LogP contribution in [0.1, 0.15) is 15.9 Å². The van der Waals surface area contributed by atoms with E-state index in [1.165, 1.54) is 5.56 Å². The third-order valence-corrected chi connectivity index (χ3v) is 6.02. The molecule has 31 heavy (non-hydrogen) atoms. The number of amides is 1. The largest absolute Gasteiger partial charge is 0.368 e. The molecule has 1 saturated heterocycles. The van der Waals surface area contributed by atoms with Crippen LogP contribution in [0.25, 0.3) is 16.9 Å². The van der Waals surface area contributed by atoms with Crippen molar-refractivity contribution in [1.82, 2.24) is 19.5 Å². The van der Waals surface area contributed by atoms with Gasteiger partial charge in [-0.1, -0.05) is 48.0 Å². The van der Waals surface area contributed by atoms with E-state index in [1.807, 2.05) is 59.5 Å². The average molecular weight is 432 g/mol. The van der Waals surface area contributed by atoms with Crippen molar-refractivity contribution in [2.75, 3.05) is 31.1 Å². The number of carbonyl (C=O) groups excluding carboxylic acids is 1. The second kappa shape index (κ2) is 8.04. The number of hydrogen-bond acceptors (Lipinski definition) is 4. The van der Waals surface area contributed by atoms with Crippen molar-refractivity contribution in [1.29, 1.82) is 0 Å². The van der Waals surface area contributed by atoms with Crippen molar-refractivity contribution in [3.05, 3.63) is 83.1 Å². The zero-order valence-corrected chi connectivity index (χ0v) is 18.0. The molecule has 4 aromatic rings. The monoisotopic (exact) mass is 431 g/mol. The van der Waals surface area contributed by atoms with E-state index in [-0.39, 0.29) is 5.91 Å². The normalized spacial score (nSPS) is 14.3. The Kier molecular flexibility index (Phi) is 5.08. The van der Waals surface area contributed by atoms with Crippen LogP contribution in [0, 0.1) is 6.92 Å². The quantitative estimate of drug-likeness (QED) is 0.484. The summed E-state index contributed by atoms with van der Waals surface area (Å²) in [7, 11) is 0. The molecule has 7 heteroatoms. The van der Waals surface area contributed by atoms with E-state index in [0.717, 1.165) is 35.1 Å². The Bertz CT molecular complexity index is 1250. The first-order valence-corrected chi connectivity index (χ1v) is 10.7. The number of aryl methyl sites for hydroxylation is 1. The molecule has 1 amide bonds. The number of fused-ring (bicyclic) bond motifs is 1. The molecule has 0 atom stereocenters. The fourth-order valence-electron chi connectivity index (χ4n) is 4.11. The number of anilines is 1. The summed E-state index contributed by atoms with van der Waals surface area (Å²) in [5.74, 6) is -0.0322. The summed E-state index contributed by atoms with van der Waals surface area (Å²) >= 11 is 6.19. The second-order valence-corrected chi connectivity index (χ2v) is 8.14. The van der Waals surface area contributed by atoms with Crippen molar-refractivity contribution in [2.24, 2.45) is 0 Å². The summed E-state index contributed by atoms with van der Waals surface area (Å²) in [6, 6.07) is 17.8. The van der Waals surface area contributed by atoms with Crippen LogP contribution in [-0.2, 0) is 0 Å². The molecule has 0 aliphatic carbocycles. The molecule has 0 saturated carbocycles. The van der Waals surface area contributed by atoms with Crippen LogP contribution >= 0.6 is 11.6 Å². The molecular weight excluding hydrogens is 410 g/mol. The number of aromatic nitrogens is 3. The Labute approximate surface area is 185 Å². The SMILES string of the molecule is Cc1ccc(Cl)cc1N1CCN(C(=O)c2cnn3c(-c4ccccc4)ccnc23)CC1. The van der Waals surface area contributed by atoms with Gasteiger partial charge in [0.1, 0.15) is 5.56 Å². The van der Waals surface area contributed by atoms with Crippen molar-refractivity contribution >= 4 is 28.8 Å². The van der Waals surface area contributed by atoms with Crippen LogP contribution in [0.15, 0.2) is 67.0 Å². The molecule has 156 valence electrons. The van der Waals surface area contributed by atoms with E-state index in [9.17, 15) is 4.79 Å². The molecule has 2 aromatic heterocycles. The average Bonchev–Trinajstić information content (AvgIpc) is 3.25. The first-order chi connectivity index (χ1) is 15.1. The number of nitrogens with zero attached hydrogens (tertiary/aromatic N) is 5. The Balaban J connectivity index is 1.37. The molecule has 1 fully saturated rings. The van der Waals surface area contributed by atoms with Gasteiger partial charge in [-0.05, 0) is 30.7 Å². The Hall–Kier alpha value is -3.38. The van der Waals surface area contributed by atoms with E-state index in [0.29, 0.717) is 24.3 Å². The molecule has 0 unspecified atom stereocenters. The Morgan fingerprint density at radius 3 is 2.55 bits per heavy atom. The molecule has 0 bridgehead atoms.